The molecule has 0 aromatic rings. The lowest BCUT2D eigenvalue weighted by atomic mass is 10.0. The smallest absolute Gasteiger partial charge is 0.263 e. The first-order valence-corrected chi connectivity index (χ1v) is 4.84. The highest BCUT2D eigenvalue weighted by molar-refractivity contribution is 5.99. The van der Waals surface area contributed by atoms with Gasteiger partial charge in [-0.2, -0.15) is 0 Å². The quantitative estimate of drug-likeness (QED) is 0.548. The molecular formula is C9H15N3O2. The van der Waals surface area contributed by atoms with E-state index < -0.39 is 5.66 Å². The molecule has 78 valence electrons. The molecule has 14 heavy (non-hydrogen) atoms. The lowest BCUT2D eigenvalue weighted by Crippen LogP contribution is -2.71. The first kappa shape index (κ1) is 9.45. The van der Waals surface area contributed by atoms with Crippen LogP contribution in [0.3, 0.4) is 0 Å². The van der Waals surface area contributed by atoms with E-state index in [9.17, 15) is 9.59 Å². The van der Waals surface area contributed by atoms with Crippen molar-refractivity contribution in [2.75, 3.05) is 13.6 Å². The molecule has 0 aliphatic carbocycles. The van der Waals surface area contributed by atoms with E-state index in [-0.39, 0.29) is 17.9 Å². The molecule has 2 heterocycles. The van der Waals surface area contributed by atoms with Crippen LogP contribution in [0.5, 0.6) is 0 Å². The number of fused-ring (bicyclic) bond motifs is 1. The Morgan fingerprint density at radius 3 is 2.79 bits per heavy atom. The van der Waals surface area contributed by atoms with Crippen LogP contribution in [-0.4, -0.2) is 46.9 Å². The number of carbonyl (C=O) groups is 2. The molecule has 5 nitrogen and oxygen atoms in total. The van der Waals surface area contributed by atoms with Crippen molar-refractivity contribution in [2.24, 2.45) is 5.73 Å². The summed E-state index contributed by atoms with van der Waals surface area (Å²) in [6.45, 7) is 2.25. The van der Waals surface area contributed by atoms with Gasteiger partial charge in [0.25, 0.3) is 5.91 Å². The van der Waals surface area contributed by atoms with E-state index in [0.717, 1.165) is 12.8 Å². The summed E-state index contributed by atoms with van der Waals surface area (Å²) in [5.41, 5.74) is 4.66. The number of hydrogen-bond acceptors (Lipinski definition) is 3. The fourth-order valence-electron chi connectivity index (χ4n) is 2.15. The molecule has 2 atom stereocenters. The molecule has 0 bridgehead atoms. The summed E-state index contributed by atoms with van der Waals surface area (Å²) in [7, 11) is 1.59. The van der Waals surface area contributed by atoms with E-state index in [1.165, 1.54) is 4.90 Å². The van der Waals surface area contributed by atoms with Gasteiger partial charge in [0.05, 0.1) is 0 Å². The van der Waals surface area contributed by atoms with Crippen molar-refractivity contribution < 1.29 is 9.59 Å². The van der Waals surface area contributed by atoms with Crippen molar-refractivity contribution in [3.8, 4) is 0 Å². The average Bonchev–Trinajstić information content (AvgIpc) is 2.60. The topological polar surface area (TPSA) is 66.6 Å². The van der Waals surface area contributed by atoms with Crippen molar-refractivity contribution in [3.05, 3.63) is 0 Å². The number of rotatable bonds is 0. The van der Waals surface area contributed by atoms with E-state index in [0.29, 0.717) is 6.54 Å². The van der Waals surface area contributed by atoms with Crippen molar-refractivity contribution in [1.82, 2.24) is 9.80 Å². The normalized spacial score (nSPS) is 37.8. The SMILES string of the molecule is CN1C(=O)[C@@H]2CCCN2C(=O)[C@]1(C)N. The van der Waals surface area contributed by atoms with Crippen molar-refractivity contribution >= 4 is 11.8 Å². The Bertz CT molecular complexity index is 296. The minimum atomic E-state index is -1.17. The van der Waals surface area contributed by atoms with E-state index in [4.69, 9.17) is 5.73 Å². The Kier molecular flexibility index (Phi) is 1.82. The molecule has 2 aliphatic heterocycles. The van der Waals surface area contributed by atoms with Crippen molar-refractivity contribution in [2.45, 2.75) is 31.5 Å². The van der Waals surface area contributed by atoms with E-state index in [2.05, 4.69) is 0 Å². The van der Waals surface area contributed by atoms with Crippen LogP contribution in [0.25, 0.3) is 0 Å². The number of amides is 2. The molecule has 2 aliphatic rings. The summed E-state index contributed by atoms with van der Waals surface area (Å²) in [5, 5.41) is 0. The third-order valence-corrected chi connectivity index (χ3v) is 3.26. The number of carbonyl (C=O) groups excluding carboxylic acids is 2. The highest BCUT2D eigenvalue weighted by Gasteiger charge is 2.51. The van der Waals surface area contributed by atoms with Gasteiger partial charge in [-0.15, -0.1) is 0 Å². The molecule has 2 fully saturated rings. The number of likely N-dealkylation sites (N-methyl/N-ethyl adjacent to an activating group) is 1. The van der Waals surface area contributed by atoms with Crippen LogP contribution in [-0.2, 0) is 9.59 Å². The maximum atomic E-state index is 11.9. The van der Waals surface area contributed by atoms with Crippen LogP contribution in [0.2, 0.25) is 0 Å². The van der Waals surface area contributed by atoms with Crippen LogP contribution in [0.15, 0.2) is 0 Å². The highest BCUT2D eigenvalue weighted by atomic mass is 16.2. The molecule has 2 amide bonds. The largest absolute Gasteiger partial charge is 0.327 e. The summed E-state index contributed by atoms with van der Waals surface area (Å²) in [6, 6.07) is -0.260. The Labute approximate surface area is 82.8 Å². The number of hydrogen-bond donors (Lipinski definition) is 1. The van der Waals surface area contributed by atoms with Crippen LogP contribution in [0.1, 0.15) is 19.8 Å². The second-order valence-electron chi connectivity index (χ2n) is 4.20. The summed E-state index contributed by atoms with van der Waals surface area (Å²) in [6.07, 6.45) is 1.66. The highest BCUT2D eigenvalue weighted by Crippen LogP contribution is 2.28. The summed E-state index contributed by atoms with van der Waals surface area (Å²) >= 11 is 0. The second-order valence-corrected chi connectivity index (χ2v) is 4.20. The minimum absolute atomic E-state index is 0.0351. The number of nitrogens with zero attached hydrogens (tertiary/aromatic N) is 2. The maximum Gasteiger partial charge on any atom is 0.263 e. The third kappa shape index (κ3) is 0.987. The number of piperazine rings is 1. The Balaban J connectivity index is 2.37. The Morgan fingerprint density at radius 2 is 2.14 bits per heavy atom. The van der Waals surface area contributed by atoms with Gasteiger partial charge >= 0.3 is 0 Å². The second kappa shape index (κ2) is 2.70. The van der Waals surface area contributed by atoms with E-state index in [1.807, 2.05) is 0 Å². The van der Waals surface area contributed by atoms with Gasteiger partial charge < -0.3 is 15.5 Å². The minimum Gasteiger partial charge on any atom is -0.327 e. The van der Waals surface area contributed by atoms with Gasteiger partial charge in [-0.3, -0.25) is 9.59 Å². The van der Waals surface area contributed by atoms with Gasteiger partial charge in [0.2, 0.25) is 5.91 Å². The van der Waals surface area contributed by atoms with Gasteiger partial charge in [0, 0.05) is 13.6 Å². The molecule has 2 rings (SSSR count). The fraction of sp³-hybridized carbons (Fsp3) is 0.778. The average molecular weight is 197 g/mol. The molecule has 5 heteroatoms. The van der Waals surface area contributed by atoms with Crippen LogP contribution in [0, 0.1) is 0 Å². The summed E-state index contributed by atoms with van der Waals surface area (Å²) in [5.74, 6) is -0.172. The molecular weight excluding hydrogens is 182 g/mol. The molecule has 2 N–H and O–H groups in total. The predicted molar refractivity (Wildman–Crippen MR) is 50.1 cm³/mol. The zero-order chi connectivity index (χ0) is 10.5. The standard InChI is InChI=1S/C9H15N3O2/c1-9(10)8(14)12-5-3-4-6(12)7(13)11(9)2/h6H,3-5,10H2,1-2H3/t6-,9+/m0/s1. The van der Waals surface area contributed by atoms with E-state index in [1.54, 1.807) is 18.9 Å². The zero-order valence-electron chi connectivity index (χ0n) is 8.49. The predicted octanol–water partition coefficient (Wildman–Crippen LogP) is -0.876. The van der Waals surface area contributed by atoms with Crippen LogP contribution >= 0.6 is 0 Å². The van der Waals surface area contributed by atoms with Gasteiger partial charge in [0.15, 0.2) is 5.66 Å². The van der Waals surface area contributed by atoms with Crippen molar-refractivity contribution in [3.63, 3.8) is 0 Å². The molecule has 0 radical (unpaired) electrons. The lowest BCUT2D eigenvalue weighted by Gasteiger charge is -2.44. The van der Waals surface area contributed by atoms with Gasteiger partial charge in [-0.25, -0.2) is 0 Å². The number of nitrogens with two attached hydrogens (primary N) is 1. The van der Waals surface area contributed by atoms with Crippen LogP contribution < -0.4 is 5.73 Å². The Morgan fingerprint density at radius 1 is 1.50 bits per heavy atom. The maximum absolute atomic E-state index is 11.9. The summed E-state index contributed by atoms with van der Waals surface area (Å²) in [4.78, 5) is 26.7. The van der Waals surface area contributed by atoms with Gasteiger partial charge in [-0.1, -0.05) is 0 Å². The molecule has 0 unspecified atom stereocenters. The molecule has 0 spiro atoms. The molecule has 0 saturated carbocycles. The Hall–Kier alpha value is -1.10. The first-order valence-electron chi connectivity index (χ1n) is 4.84. The monoisotopic (exact) mass is 197 g/mol. The van der Waals surface area contributed by atoms with E-state index >= 15 is 0 Å². The zero-order valence-corrected chi connectivity index (χ0v) is 8.49. The summed E-state index contributed by atoms with van der Waals surface area (Å²) < 4.78 is 0. The third-order valence-electron chi connectivity index (χ3n) is 3.26. The van der Waals surface area contributed by atoms with Crippen LogP contribution in [0.4, 0.5) is 0 Å². The first-order chi connectivity index (χ1) is 6.46. The fourth-order valence-corrected chi connectivity index (χ4v) is 2.15. The van der Waals surface area contributed by atoms with Gasteiger partial charge in [0.1, 0.15) is 6.04 Å². The molecule has 2 saturated heterocycles. The van der Waals surface area contributed by atoms with Gasteiger partial charge in [-0.05, 0) is 19.8 Å². The lowest BCUT2D eigenvalue weighted by molar-refractivity contribution is -0.164. The molecule has 0 aromatic carbocycles. The van der Waals surface area contributed by atoms with Crippen molar-refractivity contribution in [1.29, 1.82) is 0 Å². The molecule has 0 aromatic heterocycles.